The van der Waals surface area contributed by atoms with Gasteiger partial charge in [0, 0.05) is 69.7 Å². The summed E-state index contributed by atoms with van der Waals surface area (Å²) in [5.74, 6) is -0.0514. The SMILES string of the molecule is CN(C)c1ncc(-c2cccc(C(N)=O)c2)c(C2CCN(C(=O)c3ccc(=O)n(C)c3)C2)n1. The van der Waals surface area contributed by atoms with Gasteiger partial charge in [-0.1, -0.05) is 12.1 Å². The number of amides is 2. The van der Waals surface area contributed by atoms with Crippen molar-refractivity contribution in [3.8, 4) is 11.1 Å². The number of pyridine rings is 1. The first-order valence-electron chi connectivity index (χ1n) is 10.6. The van der Waals surface area contributed by atoms with Crippen molar-refractivity contribution in [3.63, 3.8) is 0 Å². The summed E-state index contributed by atoms with van der Waals surface area (Å²) in [5, 5.41) is 0. The molecule has 0 spiro atoms. The Kier molecular flexibility index (Phi) is 5.95. The van der Waals surface area contributed by atoms with Gasteiger partial charge in [-0.05, 0) is 30.2 Å². The zero-order valence-electron chi connectivity index (χ0n) is 18.9. The normalized spacial score (nSPS) is 15.5. The zero-order valence-corrected chi connectivity index (χ0v) is 18.9. The molecular weight excluding hydrogens is 420 g/mol. The highest BCUT2D eigenvalue weighted by molar-refractivity contribution is 5.95. The van der Waals surface area contributed by atoms with E-state index in [4.69, 9.17) is 10.7 Å². The summed E-state index contributed by atoms with van der Waals surface area (Å²) in [4.78, 5) is 49.3. The molecule has 0 saturated carbocycles. The molecule has 1 aliphatic heterocycles. The fraction of sp³-hybridized carbons (Fsp3) is 0.292. The largest absolute Gasteiger partial charge is 0.366 e. The Hall–Kier alpha value is -4.01. The van der Waals surface area contributed by atoms with Crippen LogP contribution in [0.15, 0.2) is 53.6 Å². The van der Waals surface area contributed by atoms with E-state index in [-0.39, 0.29) is 17.4 Å². The molecule has 170 valence electrons. The van der Waals surface area contributed by atoms with Crippen molar-refractivity contribution in [1.82, 2.24) is 19.4 Å². The monoisotopic (exact) mass is 446 g/mol. The summed E-state index contributed by atoms with van der Waals surface area (Å²) >= 11 is 0. The minimum atomic E-state index is -0.501. The summed E-state index contributed by atoms with van der Waals surface area (Å²) in [6.45, 7) is 1.07. The van der Waals surface area contributed by atoms with Crippen molar-refractivity contribution >= 4 is 17.8 Å². The molecule has 9 nitrogen and oxygen atoms in total. The Balaban J connectivity index is 1.68. The van der Waals surface area contributed by atoms with Crippen LogP contribution in [-0.2, 0) is 7.05 Å². The number of likely N-dealkylation sites (tertiary alicyclic amines) is 1. The van der Waals surface area contributed by atoms with Crippen LogP contribution in [0.2, 0.25) is 0 Å². The second-order valence-corrected chi connectivity index (χ2v) is 8.41. The van der Waals surface area contributed by atoms with Gasteiger partial charge in [-0.25, -0.2) is 9.97 Å². The highest BCUT2D eigenvalue weighted by Gasteiger charge is 2.31. The summed E-state index contributed by atoms with van der Waals surface area (Å²) in [6.07, 6.45) is 4.06. The Morgan fingerprint density at radius 1 is 1.15 bits per heavy atom. The molecule has 3 aromatic rings. The van der Waals surface area contributed by atoms with Gasteiger partial charge < -0.3 is 20.1 Å². The van der Waals surface area contributed by atoms with Gasteiger partial charge in [0.15, 0.2) is 0 Å². The van der Waals surface area contributed by atoms with Gasteiger partial charge in [0.1, 0.15) is 0 Å². The molecule has 33 heavy (non-hydrogen) atoms. The predicted molar refractivity (Wildman–Crippen MR) is 125 cm³/mol. The van der Waals surface area contributed by atoms with Crippen molar-refractivity contribution in [2.24, 2.45) is 12.8 Å². The van der Waals surface area contributed by atoms with Crippen LogP contribution in [-0.4, -0.2) is 58.4 Å². The quantitative estimate of drug-likeness (QED) is 0.637. The maximum absolute atomic E-state index is 13.1. The minimum Gasteiger partial charge on any atom is -0.366 e. The number of carbonyl (C=O) groups excluding carboxylic acids is 2. The Morgan fingerprint density at radius 2 is 1.94 bits per heavy atom. The van der Waals surface area contributed by atoms with E-state index in [1.54, 1.807) is 48.6 Å². The van der Waals surface area contributed by atoms with Gasteiger partial charge in [-0.2, -0.15) is 0 Å². The van der Waals surface area contributed by atoms with Crippen LogP contribution in [0, 0.1) is 0 Å². The molecule has 2 aromatic heterocycles. The molecule has 1 unspecified atom stereocenters. The van der Waals surface area contributed by atoms with E-state index >= 15 is 0 Å². The third-order valence-electron chi connectivity index (χ3n) is 5.86. The molecule has 1 atom stereocenters. The Labute approximate surface area is 191 Å². The number of hydrogen-bond acceptors (Lipinski definition) is 6. The minimum absolute atomic E-state index is 0.00424. The van der Waals surface area contributed by atoms with Crippen molar-refractivity contribution in [2.45, 2.75) is 12.3 Å². The molecule has 0 radical (unpaired) electrons. The van der Waals surface area contributed by atoms with Crippen LogP contribution < -0.4 is 16.2 Å². The number of carbonyl (C=O) groups is 2. The first-order valence-corrected chi connectivity index (χ1v) is 10.6. The van der Waals surface area contributed by atoms with Crippen LogP contribution in [0.5, 0.6) is 0 Å². The molecule has 0 aliphatic carbocycles. The maximum atomic E-state index is 13.1. The van der Waals surface area contributed by atoms with Gasteiger partial charge in [0.05, 0.1) is 11.3 Å². The summed E-state index contributed by atoms with van der Waals surface area (Å²) in [7, 11) is 5.37. The topological polar surface area (TPSA) is 114 Å². The van der Waals surface area contributed by atoms with E-state index in [0.29, 0.717) is 30.2 Å². The highest BCUT2D eigenvalue weighted by Crippen LogP contribution is 2.34. The third-order valence-corrected chi connectivity index (χ3v) is 5.86. The standard InChI is InChI=1S/C24H26N6O3/c1-28(2)24-26-12-19(15-5-4-6-16(11-15)22(25)32)21(27-24)17-9-10-30(14-17)23(33)18-7-8-20(31)29(3)13-18/h4-8,11-13,17H,9-10,14H2,1-3H3,(H2,25,32). The zero-order chi connectivity index (χ0) is 23.7. The lowest BCUT2D eigenvalue weighted by Gasteiger charge is -2.20. The number of nitrogens with two attached hydrogens (primary N) is 1. The summed E-state index contributed by atoms with van der Waals surface area (Å²) in [5.41, 5.74) is 8.63. The van der Waals surface area contributed by atoms with E-state index in [1.807, 2.05) is 25.1 Å². The molecule has 1 aromatic carbocycles. The fourth-order valence-electron chi connectivity index (χ4n) is 4.05. The van der Waals surface area contributed by atoms with Crippen LogP contribution in [0.4, 0.5) is 5.95 Å². The molecule has 2 amide bonds. The lowest BCUT2D eigenvalue weighted by Crippen LogP contribution is -2.30. The second-order valence-electron chi connectivity index (χ2n) is 8.41. The molecule has 3 heterocycles. The first-order chi connectivity index (χ1) is 15.7. The molecule has 2 N–H and O–H groups in total. The highest BCUT2D eigenvalue weighted by atomic mass is 16.2. The van der Waals surface area contributed by atoms with Gasteiger partial charge in [-0.3, -0.25) is 14.4 Å². The molecular formula is C24H26N6O3. The van der Waals surface area contributed by atoms with E-state index < -0.39 is 5.91 Å². The Morgan fingerprint density at radius 3 is 2.64 bits per heavy atom. The summed E-state index contributed by atoms with van der Waals surface area (Å²) in [6, 6.07) is 10.0. The van der Waals surface area contributed by atoms with Gasteiger partial charge in [-0.15, -0.1) is 0 Å². The average Bonchev–Trinajstić information content (AvgIpc) is 3.30. The molecule has 1 fully saturated rings. The van der Waals surface area contributed by atoms with Gasteiger partial charge in [0.2, 0.25) is 17.4 Å². The number of anilines is 1. The summed E-state index contributed by atoms with van der Waals surface area (Å²) < 4.78 is 1.40. The number of nitrogens with zero attached hydrogens (tertiary/aromatic N) is 5. The molecule has 0 bridgehead atoms. The molecule has 1 aliphatic rings. The van der Waals surface area contributed by atoms with Crippen LogP contribution >= 0.6 is 0 Å². The molecule has 9 heteroatoms. The number of hydrogen-bond donors (Lipinski definition) is 1. The number of benzene rings is 1. The predicted octanol–water partition coefficient (Wildman–Crippen LogP) is 1.64. The lowest BCUT2D eigenvalue weighted by atomic mass is 9.95. The van der Waals surface area contributed by atoms with Gasteiger partial charge in [0.25, 0.3) is 5.91 Å². The first kappa shape index (κ1) is 22.2. The maximum Gasteiger partial charge on any atom is 0.255 e. The third kappa shape index (κ3) is 4.48. The molecule has 1 saturated heterocycles. The number of rotatable bonds is 5. The van der Waals surface area contributed by atoms with Crippen LogP contribution in [0.25, 0.3) is 11.1 Å². The number of aryl methyl sites for hydroxylation is 1. The van der Waals surface area contributed by atoms with E-state index in [9.17, 15) is 14.4 Å². The van der Waals surface area contributed by atoms with E-state index in [2.05, 4.69) is 4.98 Å². The molecule has 4 rings (SSSR count). The number of aromatic nitrogens is 3. The van der Waals surface area contributed by atoms with Gasteiger partial charge >= 0.3 is 0 Å². The average molecular weight is 447 g/mol. The lowest BCUT2D eigenvalue weighted by molar-refractivity contribution is 0.0789. The van der Waals surface area contributed by atoms with E-state index in [0.717, 1.165) is 23.2 Å². The Bertz CT molecular complexity index is 1280. The second kappa shape index (κ2) is 8.85. The van der Waals surface area contributed by atoms with Crippen LogP contribution in [0.1, 0.15) is 38.7 Å². The van der Waals surface area contributed by atoms with E-state index in [1.165, 1.54) is 10.6 Å². The smallest absolute Gasteiger partial charge is 0.255 e. The van der Waals surface area contributed by atoms with Crippen molar-refractivity contribution in [1.29, 1.82) is 0 Å². The number of primary amides is 1. The van der Waals surface area contributed by atoms with Crippen molar-refractivity contribution in [2.75, 3.05) is 32.1 Å². The van der Waals surface area contributed by atoms with Crippen molar-refractivity contribution < 1.29 is 9.59 Å². The van der Waals surface area contributed by atoms with Crippen LogP contribution in [0.3, 0.4) is 0 Å². The fourth-order valence-corrected chi connectivity index (χ4v) is 4.05. The van der Waals surface area contributed by atoms with Crippen molar-refractivity contribution in [3.05, 3.63) is 76.0 Å².